The molecule has 0 aromatic heterocycles. The summed E-state index contributed by atoms with van der Waals surface area (Å²) in [6.07, 6.45) is 6.21. The number of phenolic OH excluding ortho intramolecular Hbond substituents is 1. The van der Waals surface area contributed by atoms with Crippen molar-refractivity contribution in [3.63, 3.8) is 0 Å². The van der Waals surface area contributed by atoms with E-state index in [9.17, 15) is 14.7 Å². The Morgan fingerprint density at radius 1 is 0.661 bits per heavy atom. The van der Waals surface area contributed by atoms with E-state index >= 15 is 0 Å². The second kappa shape index (κ2) is 18.0. The van der Waals surface area contributed by atoms with Crippen LogP contribution in [-0.4, -0.2) is 56.3 Å². The molecule has 0 saturated heterocycles. The Morgan fingerprint density at radius 2 is 1.20 bits per heavy atom. The van der Waals surface area contributed by atoms with Gasteiger partial charge in [0, 0.05) is 31.0 Å². The Labute approximate surface area is 347 Å². The van der Waals surface area contributed by atoms with Gasteiger partial charge in [0.25, 0.3) is 0 Å². The highest BCUT2D eigenvalue weighted by atomic mass is 16.5. The summed E-state index contributed by atoms with van der Waals surface area (Å²) in [5.74, 6) is 3.69. The van der Waals surface area contributed by atoms with Gasteiger partial charge < -0.3 is 38.3 Å². The number of benzene rings is 5. The quantitative estimate of drug-likeness (QED) is 0.115. The van der Waals surface area contributed by atoms with Crippen LogP contribution in [0.15, 0.2) is 97.1 Å². The van der Waals surface area contributed by atoms with Gasteiger partial charge >= 0.3 is 0 Å². The number of aromatic hydroxyl groups is 1. The van der Waals surface area contributed by atoms with Gasteiger partial charge in [-0.05, 0) is 130 Å². The van der Waals surface area contributed by atoms with E-state index in [-0.39, 0.29) is 54.3 Å². The number of methoxy groups -OCH3 is 4. The molecule has 59 heavy (non-hydrogen) atoms. The number of rotatable bonds is 13. The molecule has 7 rings (SSSR count). The third-order valence-electron chi connectivity index (χ3n) is 10.1. The number of aryl methyl sites for hydroxylation is 1. The van der Waals surface area contributed by atoms with Gasteiger partial charge in [-0.2, -0.15) is 0 Å². The number of ketones is 2. The fourth-order valence-corrected chi connectivity index (χ4v) is 6.92. The second-order valence-corrected chi connectivity index (χ2v) is 15.6. The van der Waals surface area contributed by atoms with Crippen molar-refractivity contribution < 1.29 is 49.3 Å². The van der Waals surface area contributed by atoms with Crippen molar-refractivity contribution in [1.29, 1.82) is 0 Å². The van der Waals surface area contributed by atoms with E-state index in [1.165, 1.54) is 14.2 Å². The molecule has 5 aromatic carbocycles. The SMILES string of the molecule is COc1cc(CC(=O)c2ccc3c(c2)C=CC(C)(C)O3)cc(OC)c1OCc1ccccc1.COc1cc(CC(=O)c2ccc3c(c2)CCC(C)(C)O3)cc(OC)c1O.[HH]. The lowest BCUT2D eigenvalue weighted by atomic mass is 9.92. The van der Waals surface area contributed by atoms with E-state index in [1.54, 1.807) is 32.4 Å². The van der Waals surface area contributed by atoms with Gasteiger partial charge in [-0.25, -0.2) is 0 Å². The van der Waals surface area contributed by atoms with Crippen molar-refractivity contribution >= 4 is 17.6 Å². The number of carbonyl (C=O) groups excluding carboxylic acids is 2. The molecule has 2 heterocycles. The molecular formula is C49H54O10. The molecule has 0 fully saturated rings. The molecule has 2 aliphatic rings. The zero-order chi connectivity index (χ0) is 42.3. The van der Waals surface area contributed by atoms with Crippen LogP contribution in [-0.2, 0) is 25.9 Å². The lowest BCUT2D eigenvalue weighted by Gasteiger charge is -2.32. The maximum atomic E-state index is 13.0. The summed E-state index contributed by atoms with van der Waals surface area (Å²) in [6, 6.07) is 28.0. The predicted molar refractivity (Wildman–Crippen MR) is 229 cm³/mol. The molecule has 0 unspecified atom stereocenters. The first-order valence-electron chi connectivity index (χ1n) is 19.5. The zero-order valence-corrected chi connectivity index (χ0v) is 35.0. The third kappa shape index (κ3) is 10.4. The Morgan fingerprint density at radius 3 is 1.78 bits per heavy atom. The van der Waals surface area contributed by atoms with E-state index in [0.717, 1.165) is 52.2 Å². The first-order chi connectivity index (χ1) is 28.2. The van der Waals surface area contributed by atoms with Gasteiger partial charge in [0.15, 0.2) is 34.6 Å². The first kappa shape index (κ1) is 42.2. The monoisotopic (exact) mass is 802 g/mol. The molecule has 0 atom stereocenters. The largest absolute Gasteiger partial charge is 0.502 e. The highest BCUT2D eigenvalue weighted by Gasteiger charge is 2.27. The summed E-state index contributed by atoms with van der Waals surface area (Å²) >= 11 is 0. The van der Waals surface area contributed by atoms with Crippen molar-refractivity contribution in [1.82, 2.24) is 0 Å². The van der Waals surface area contributed by atoms with Crippen molar-refractivity contribution in [2.24, 2.45) is 0 Å². The highest BCUT2D eigenvalue weighted by Crippen LogP contribution is 2.41. The minimum atomic E-state index is -0.351. The summed E-state index contributed by atoms with van der Waals surface area (Å²) in [5, 5.41) is 9.99. The van der Waals surface area contributed by atoms with Crippen LogP contribution >= 0.6 is 0 Å². The molecule has 0 radical (unpaired) electrons. The molecule has 1 N–H and O–H groups in total. The fraction of sp³-hybridized carbons (Fsp3) is 0.306. The molecule has 0 amide bonds. The van der Waals surface area contributed by atoms with Crippen molar-refractivity contribution in [2.75, 3.05) is 28.4 Å². The number of phenols is 1. The topological polar surface area (TPSA) is 119 Å². The average molecular weight is 803 g/mol. The lowest BCUT2D eigenvalue weighted by Crippen LogP contribution is -2.32. The second-order valence-electron chi connectivity index (χ2n) is 15.6. The van der Waals surface area contributed by atoms with E-state index < -0.39 is 0 Å². The number of carbonyl (C=O) groups is 2. The molecular weight excluding hydrogens is 749 g/mol. The molecule has 0 aliphatic carbocycles. The van der Waals surface area contributed by atoms with E-state index in [0.29, 0.717) is 35.0 Å². The van der Waals surface area contributed by atoms with Crippen LogP contribution in [0.4, 0.5) is 0 Å². The van der Waals surface area contributed by atoms with E-state index in [1.807, 2.05) is 98.8 Å². The van der Waals surface area contributed by atoms with Crippen molar-refractivity contribution in [3.05, 3.63) is 136 Å². The Bertz CT molecular complexity index is 2300. The summed E-state index contributed by atoms with van der Waals surface area (Å²) < 4.78 is 39.3. The lowest BCUT2D eigenvalue weighted by molar-refractivity contribution is 0.0845. The maximum Gasteiger partial charge on any atom is 0.203 e. The van der Waals surface area contributed by atoms with Crippen LogP contribution in [0, 0.1) is 0 Å². The molecule has 310 valence electrons. The van der Waals surface area contributed by atoms with Crippen LogP contribution in [0.25, 0.3) is 6.08 Å². The number of hydrogen-bond acceptors (Lipinski definition) is 10. The predicted octanol–water partition coefficient (Wildman–Crippen LogP) is 10.1. The van der Waals surface area contributed by atoms with Crippen LogP contribution in [0.3, 0.4) is 0 Å². The summed E-state index contributed by atoms with van der Waals surface area (Å²) in [4.78, 5) is 25.8. The van der Waals surface area contributed by atoms with Crippen molar-refractivity contribution in [3.8, 4) is 46.0 Å². The van der Waals surface area contributed by atoms with Crippen LogP contribution in [0.5, 0.6) is 46.0 Å². The first-order valence-corrected chi connectivity index (χ1v) is 19.5. The summed E-state index contributed by atoms with van der Waals surface area (Å²) in [6.45, 7) is 8.52. The Balaban J connectivity index is 0.000000230. The van der Waals surface area contributed by atoms with Crippen LogP contribution < -0.4 is 33.2 Å². The molecule has 0 spiro atoms. The van der Waals surface area contributed by atoms with Gasteiger partial charge in [0.2, 0.25) is 11.5 Å². The number of Topliss-reactive ketones (excluding diaryl/α,β-unsaturated/α-hetero) is 2. The van der Waals surface area contributed by atoms with Crippen LogP contribution in [0.2, 0.25) is 0 Å². The number of hydrogen-bond donors (Lipinski definition) is 1. The molecule has 10 heteroatoms. The van der Waals surface area contributed by atoms with Crippen LogP contribution in [0.1, 0.15) is 84.1 Å². The van der Waals surface area contributed by atoms with E-state index in [4.69, 9.17) is 33.2 Å². The van der Waals surface area contributed by atoms with Gasteiger partial charge in [0.05, 0.1) is 28.4 Å². The molecule has 0 bridgehead atoms. The van der Waals surface area contributed by atoms with Gasteiger partial charge in [0.1, 0.15) is 29.3 Å². The minimum Gasteiger partial charge on any atom is -0.502 e. The third-order valence-corrected chi connectivity index (χ3v) is 10.1. The molecule has 10 nitrogen and oxygen atoms in total. The Kier molecular flexibility index (Phi) is 12.9. The van der Waals surface area contributed by atoms with Gasteiger partial charge in [-0.1, -0.05) is 36.4 Å². The Hall–Kier alpha value is -6.42. The minimum absolute atomic E-state index is 0. The fourth-order valence-electron chi connectivity index (χ4n) is 6.92. The molecule has 2 aliphatic heterocycles. The van der Waals surface area contributed by atoms with Gasteiger partial charge in [-0.3, -0.25) is 9.59 Å². The smallest absolute Gasteiger partial charge is 0.203 e. The van der Waals surface area contributed by atoms with E-state index in [2.05, 4.69) is 13.8 Å². The summed E-state index contributed by atoms with van der Waals surface area (Å²) in [5.41, 5.74) is 5.27. The number of fused-ring (bicyclic) bond motifs is 2. The zero-order valence-electron chi connectivity index (χ0n) is 35.0. The molecule has 5 aromatic rings. The van der Waals surface area contributed by atoms with Crippen molar-refractivity contribution in [2.45, 2.75) is 71.2 Å². The summed E-state index contributed by atoms with van der Waals surface area (Å²) in [7, 11) is 6.08. The average Bonchev–Trinajstić information content (AvgIpc) is 3.22. The number of ether oxygens (including phenoxy) is 7. The molecule has 0 saturated carbocycles. The van der Waals surface area contributed by atoms with Gasteiger partial charge in [-0.15, -0.1) is 0 Å². The normalized spacial score (nSPS) is 14.2. The standard InChI is InChI=1S/C28H28O5.C21H24O5.H2/c1-28(2)13-12-22-17-21(10-11-24(22)33-28)23(29)14-20-15-25(30-3)27(26(16-20)31-4)32-18-19-8-6-5-7-9-19;1-21(2)8-7-15-12-14(5-6-17(15)26-21)16(22)9-13-10-18(24-3)20(23)19(11-13)25-4;/h5-13,15-17H,14,18H2,1-4H3;5-6,10-12,23H,7-9H2,1-4H3;1H. The highest BCUT2D eigenvalue weighted by molar-refractivity contribution is 5.99. The maximum absolute atomic E-state index is 13.0.